The second-order valence-corrected chi connectivity index (χ2v) is 7.58. The number of carbonyl (C=O) groups excluding carboxylic acids is 1. The lowest BCUT2D eigenvalue weighted by atomic mass is 10.1. The highest BCUT2D eigenvalue weighted by Crippen LogP contribution is 2.42. The summed E-state index contributed by atoms with van der Waals surface area (Å²) in [6.45, 7) is 0. The Labute approximate surface area is 185 Å². The molecule has 1 aliphatic rings. The predicted octanol–water partition coefficient (Wildman–Crippen LogP) is 4.23. The van der Waals surface area contributed by atoms with Crippen LogP contribution in [0.15, 0.2) is 65.8 Å². The van der Waals surface area contributed by atoms with Crippen molar-refractivity contribution in [3.63, 3.8) is 0 Å². The Hall–Kier alpha value is -4.02. The number of pyridine rings is 1. The quantitative estimate of drug-likeness (QED) is 0.468. The third kappa shape index (κ3) is 4.21. The summed E-state index contributed by atoms with van der Waals surface area (Å²) in [5.74, 6) is -0.172. The number of carbonyl (C=O) groups is 1. The van der Waals surface area contributed by atoms with Crippen LogP contribution in [-0.4, -0.2) is 36.8 Å². The van der Waals surface area contributed by atoms with Gasteiger partial charge in [-0.2, -0.15) is 18.3 Å². The minimum Gasteiger partial charge on any atom is -0.463 e. The van der Waals surface area contributed by atoms with Gasteiger partial charge >= 0.3 is 6.18 Å². The highest BCUT2D eigenvalue weighted by molar-refractivity contribution is 5.96. The van der Waals surface area contributed by atoms with Crippen LogP contribution in [0.2, 0.25) is 0 Å². The van der Waals surface area contributed by atoms with Gasteiger partial charge in [0.1, 0.15) is 5.69 Å². The van der Waals surface area contributed by atoms with E-state index in [-0.39, 0.29) is 23.0 Å². The molecule has 0 spiro atoms. The number of nitrogens with zero attached hydrogens (tertiary/aromatic N) is 5. The minimum atomic E-state index is -4.70. The molecule has 1 fully saturated rings. The SMILES string of the molecule is O=C(NC(c1cccnc1)C(F)(F)F)c1cnn(-c2nccc(-c3ccco3)n2)c1C1CC1. The summed E-state index contributed by atoms with van der Waals surface area (Å²) in [5, 5.41) is 6.34. The molecular weight excluding hydrogens is 437 g/mol. The van der Waals surface area contributed by atoms with Crippen LogP contribution < -0.4 is 5.32 Å². The molecule has 1 amide bonds. The molecule has 11 heteroatoms. The fourth-order valence-electron chi connectivity index (χ4n) is 3.56. The number of hydrogen-bond donors (Lipinski definition) is 1. The van der Waals surface area contributed by atoms with Crippen LogP contribution in [0.3, 0.4) is 0 Å². The van der Waals surface area contributed by atoms with Gasteiger partial charge in [-0.25, -0.2) is 14.6 Å². The van der Waals surface area contributed by atoms with Crippen LogP contribution in [0.4, 0.5) is 13.2 Å². The maximum atomic E-state index is 13.7. The van der Waals surface area contributed by atoms with E-state index in [1.54, 1.807) is 18.2 Å². The molecule has 33 heavy (non-hydrogen) atoms. The first-order valence-corrected chi connectivity index (χ1v) is 10.1. The van der Waals surface area contributed by atoms with Crippen LogP contribution >= 0.6 is 0 Å². The molecule has 1 unspecified atom stereocenters. The monoisotopic (exact) mass is 454 g/mol. The van der Waals surface area contributed by atoms with Crippen LogP contribution in [-0.2, 0) is 0 Å². The number of rotatable bonds is 6. The normalized spacial score (nSPS) is 14.8. The van der Waals surface area contributed by atoms with E-state index in [0.717, 1.165) is 19.0 Å². The third-order valence-electron chi connectivity index (χ3n) is 5.24. The van der Waals surface area contributed by atoms with E-state index < -0.39 is 18.1 Å². The minimum absolute atomic E-state index is 0.0214. The Morgan fingerprint density at radius 1 is 1.15 bits per heavy atom. The average molecular weight is 454 g/mol. The Morgan fingerprint density at radius 3 is 2.67 bits per heavy atom. The van der Waals surface area contributed by atoms with E-state index >= 15 is 0 Å². The number of alkyl halides is 3. The average Bonchev–Trinajstić information content (AvgIpc) is 3.32. The van der Waals surface area contributed by atoms with Gasteiger partial charge in [0.2, 0.25) is 0 Å². The van der Waals surface area contributed by atoms with Crippen molar-refractivity contribution in [2.24, 2.45) is 0 Å². The van der Waals surface area contributed by atoms with Gasteiger partial charge in [0, 0.05) is 30.1 Å². The standard InChI is InChI=1S/C22H17F3N6O2/c23-22(24,25)19(14-3-1-8-26-11-14)30-20(32)15-12-28-31(18(15)13-5-6-13)21-27-9-7-16(29-21)17-4-2-10-33-17/h1-4,7-13,19H,5-6H2,(H,30,32). The largest absolute Gasteiger partial charge is 0.463 e. The van der Waals surface area contributed by atoms with Gasteiger partial charge in [0.15, 0.2) is 11.8 Å². The molecule has 5 rings (SSSR count). The Morgan fingerprint density at radius 2 is 2.00 bits per heavy atom. The molecule has 1 saturated carbocycles. The van der Waals surface area contributed by atoms with Gasteiger partial charge in [-0.1, -0.05) is 6.07 Å². The molecule has 8 nitrogen and oxygen atoms in total. The Bertz CT molecular complexity index is 1270. The highest BCUT2D eigenvalue weighted by Gasteiger charge is 2.43. The summed E-state index contributed by atoms with van der Waals surface area (Å²) in [6.07, 6.45) is 3.62. The highest BCUT2D eigenvalue weighted by atomic mass is 19.4. The molecule has 0 aromatic carbocycles. The summed E-state index contributed by atoms with van der Waals surface area (Å²) in [5.41, 5.74) is 0.897. The van der Waals surface area contributed by atoms with Gasteiger partial charge in [-0.15, -0.1) is 0 Å². The zero-order valence-electron chi connectivity index (χ0n) is 17.0. The number of amides is 1. The van der Waals surface area contributed by atoms with Crippen molar-refractivity contribution in [1.29, 1.82) is 0 Å². The van der Waals surface area contributed by atoms with Crippen molar-refractivity contribution < 1.29 is 22.4 Å². The van der Waals surface area contributed by atoms with E-state index in [2.05, 4.69) is 25.4 Å². The first kappa shape index (κ1) is 20.9. The zero-order valence-corrected chi connectivity index (χ0v) is 17.0. The number of hydrogen-bond acceptors (Lipinski definition) is 6. The van der Waals surface area contributed by atoms with Crippen molar-refractivity contribution in [3.05, 3.63) is 78.2 Å². The summed E-state index contributed by atoms with van der Waals surface area (Å²) in [6, 6.07) is 5.58. The maximum Gasteiger partial charge on any atom is 0.412 e. The van der Waals surface area contributed by atoms with Gasteiger partial charge in [0.05, 0.1) is 23.7 Å². The molecular formula is C22H17F3N6O2. The van der Waals surface area contributed by atoms with Crippen LogP contribution in [0, 0.1) is 0 Å². The van der Waals surface area contributed by atoms with E-state index in [1.807, 2.05) is 0 Å². The van der Waals surface area contributed by atoms with E-state index in [0.29, 0.717) is 17.1 Å². The lowest BCUT2D eigenvalue weighted by Crippen LogP contribution is -2.38. The van der Waals surface area contributed by atoms with Crippen molar-refractivity contribution >= 4 is 5.91 Å². The summed E-state index contributed by atoms with van der Waals surface area (Å²) < 4.78 is 47.9. The second-order valence-electron chi connectivity index (χ2n) is 7.58. The van der Waals surface area contributed by atoms with Crippen LogP contribution in [0.1, 0.15) is 46.4 Å². The summed E-state index contributed by atoms with van der Waals surface area (Å²) in [7, 11) is 0. The molecule has 1 aliphatic carbocycles. The molecule has 168 valence electrons. The first-order valence-electron chi connectivity index (χ1n) is 10.1. The fraction of sp³-hybridized carbons (Fsp3) is 0.227. The molecule has 4 aromatic rings. The third-order valence-corrected chi connectivity index (χ3v) is 5.24. The molecule has 1 atom stereocenters. The van der Waals surface area contributed by atoms with E-state index in [4.69, 9.17) is 4.42 Å². The van der Waals surface area contributed by atoms with Crippen molar-refractivity contribution in [2.75, 3.05) is 0 Å². The molecule has 1 N–H and O–H groups in total. The molecule has 4 aromatic heterocycles. The van der Waals surface area contributed by atoms with Gasteiger partial charge in [0.25, 0.3) is 11.9 Å². The number of nitrogens with one attached hydrogen (secondary N) is 1. The van der Waals surface area contributed by atoms with Gasteiger partial charge in [-0.3, -0.25) is 9.78 Å². The molecule has 4 heterocycles. The van der Waals surface area contributed by atoms with Gasteiger partial charge < -0.3 is 9.73 Å². The smallest absolute Gasteiger partial charge is 0.412 e. The second kappa shape index (κ2) is 8.15. The Kier molecular flexibility index (Phi) is 5.15. The lowest BCUT2D eigenvalue weighted by molar-refractivity contribution is -0.155. The molecule has 0 saturated heterocycles. The van der Waals surface area contributed by atoms with Crippen molar-refractivity contribution in [2.45, 2.75) is 31.0 Å². The summed E-state index contributed by atoms with van der Waals surface area (Å²) in [4.78, 5) is 25.4. The number of furan rings is 1. The molecule has 0 radical (unpaired) electrons. The Balaban J connectivity index is 1.49. The summed E-state index contributed by atoms with van der Waals surface area (Å²) >= 11 is 0. The van der Waals surface area contributed by atoms with Gasteiger partial charge in [-0.05, 0) is 37.1 Å². The topological polar surface area (TPSA) is 98.7 Å². The number of aromatic nitrogens is 5. The predicted molar refractivity (Wildman–Crippen MR) is 109 cm³/mol. The maximum absolute atomic E-state index is 13.7. The van der Waals surface area contributed by atoms with Crippen molar-refractivity contribution in [1.82, 2.24) is 30.0 Å². The molecule has 0 bridgehead atoms. The molecule has 0 aliphatic heterocycles. The fourth-order valence-corrected chi connectivity index (χ4v) is 3.56. The van der Waals surface area contributed by atoms with Crippen molar-refractivity contribution in [3.8, 4) is 17.4 Å². The number of halogens is 3. The lowest BCUT2D eigenvalue weighted by Gasteiger charge is -2.21. The zero-order chi connectivity index (χ0) is 23.0. The van der Waals surface area contributed by atoms with E-state index in [9.17, 15) is 18.0 Å². The van der Waals surface area contributed by atoms with Crippen LogP contribution in [0.5, 0.6) is 0 Å². The van der Waals surface area contributed by atoms with E-state index in [1.165, 1.54) is 41.7 Å². The van der Waals surface area contributed by atoms with Crippen LogP contribution in [0.25, 0.3) is 17.4 Å². The first-order chi connectivity index (χ1) is 15.9.